The first-order valence-corrected chi connectivity index (χ1v) is 4.92. The summed E-state index contributed by atoms with van der Waals surface area (Å²) in [5.74, 6) is -0.272. The zero-order valence-corrected chi connectivity index (χ0v) is 8.95. The van der Waals surface area contributed by atoms with Crippen molar-refractivity contribution in [3.8, 4) is 0 Å². The quantitative estimate of drug-likeness (QED) is 0.719. The van der Waals surface area contributed by atoms with Gasteiger partial charge < -0.3 is 10.6 Å². The maximum atomic E-state index is 11.9. The van der Waals surface area contributed by atoms with Gasteiger partial charge in [0, 0.05) is 12.6 Å². The van der Waals surface area contributed by atoms with Gasteiger partial charge in [0.15, 0.2) is 0 Å². The van der Waals surface area contributed by atoms with E-state index in [4.69, 9.17) is 0 Å². The van der Waals surface area contributed by atoms with Gasteiger partial charge in [-0.1, -0.05) is 6.92 Å². The maximum Gasteiger partial charge on any atom is 0.390 e. The number of alkyl halides is 3. The van der Waals surface area contributed by atoms with Gasteiger partial charge in [-0.05, 0) is 13.3 Å². The number of nitrogens with one attached hydrogen (secondary N) is 2. The van der Waals surface area contributed by atoms with E-state index in [-0.39, 0.29) is 12.5 Å². The number of hydrogen-bond donors (Lipinski definition) is 2. The van der Waals surface area contributed by atoms with Gasteiger partial charge in [0.25, 0.3) is 0 Å². The second-order valence-corrected chi connectivity index (χ2v) is 3.45. The highest BCUT2D eigenvalue weighted by Crippen LogP contribution is 2.20. The molecule has 0 aromatic carbocycles. The highest BCUT2D eigenvalue weighted by Gasteiger charge is 2.29. The summed E-state index contributed by atoms with van der Waals surface area (Å²) in [6.45, 7) is 3.78. The zero-order chi connectivity index (χ0) is 11.9. The minimum Gasteiger partial charge on any atom is -0.355 e. The monoisotopic (exact) mass is 226 g/mol. The van der Waals surface area contributed by atoms with Crippen LogP contribution in [-0.4, -0.2) is 31.2 Å². The number of rotatable bonds is 6. The Hall–Kier alpha value is -0.780. The van der Waals surface area contributed by atoms with Crippen LogP contribution in [0.2, 0.25) is 0 Å². The molecule has 1 unspecified atom stereocenters. The Morgan fingerprint density at radius 3 is 2.47 bits per heavy atom. The Balaban J connectivity index is 3.62. The molecule has 0 rings (SSSR count). The number of carbonyl (C=O) groups excluding carboxylic acids is 1. The number of hydrogen-bond acceptors (Lipinski definition) is 2. The van der Waals surface area contributed by atoms with Crippen LogP contribution < -0.4 is 10.6 Å². The molecule has 0 bridgehead atoms. The molecule has 0 radical (unpaired) electrons. The fourth-order valence-electron chi connectivity index (χ4n) is 1.01. The van der Waals surface area contributed by atoms with Crippen molar-refractivity contribution in [2.45, 2.75) is 38.9 Å². The Morgan fingerprint density at radius 2 is 2.00 bits per heavy atom. The largest absolute Gasteiger partial charge is 0.390 e. The third kappa shape index (κ3) is 9.52. The van der Waals surface area contributed by atoms with Gasteiger partial charge in [0.1, 0.15) is 0 Å². The first-order chi connectivity index (χ1) is 6.85. The van der Waals surface area contributed by atoms with Crippen LogP contribution >= 0.6 is 0 Å². The van der Waals surface area contributed by atoms with Gasteiger partial charge in [0.2, 0.25) is 5.91 Å². The van der Waals surface area contributed by atoms with Crippen LogP contribution in [0.3, 0.4) is 0 Å². The van der Waals surface area contributed by atoms with Crippen molar-refractivity contribution in [3.63, 3.8) is 0 Å². The van der Waals surface area contributed by atoms with Crippen molar-refractivity contribution in [1.29, 1.82) is 0 Å². The Morgan fingerprint density at radius 1 is 1.40 bits per heavy atom. The fraction of sp³-hybridized carbons (Fsp3) is 0.889. The molecule has 0 aromatic rings. The van der Waals surface area contributed by atoms with E-state index in [0.29, 0.717) is 6.54 Å². The molecule has 0 aliphatic carbocycles. The molecule has 6 heteroatoms. The van der Waals surface area contributed by atoms with Gasteiger partial charge in [-0.25, -0.2) is 0 Å². The summed E-state index contributed by atoms with van der Waals surface area (Å²) in [5.41, 5.74) is 0. The molecular weight excluding hydrogens is 209 g/mol. The van der Waals surface area contributed by atoms with E-state index in [1.807, 2.05) is 6.92 Å². The molecule has 90 valence electrons. The predicted molar refractivity (Wildman–Crippen MR) is 51.4 cm³/mol. The lowest BCUT2D eigenvalue weighted by Crippen LogP contribution is -2.39. The maximum absolute atomic E-state index is 11.9. The molecule has 1 atom stereocenters. The van der Waals surface area contributed by atoms with Gasteiger partial charge in [-0.3, -0.25) is 4.79 Å². The summed E-state index contributed by atoms with van der Waals surface area (Å²) < 4.78 is 35.7. The molecule has 3 nitrogen and oxygen atoms in total. The average Bonchev–Trinajstić information content (AvgIpc) is 2.08. The average molecular weight is 226 g/mol. The standard InChI is InChI=1S/C9H17F3N2O/c1-3-4-13-8(15)6-14-7(2)5-9(10,11)12/h7,14H,3-6H2,1-2H3,(H,13,15). The van der Waals surface area contributed by atoms with E-state index in [1.54, 1.807) is 0 Å². The minimum atomic E-state index is -4.19. The highest BCUT2D eigenvalue weighted by molar-refractivity contribution is 5.77. The van der Waals surface area contributed by atoms with Crippen molar-refractivity contribution in [2.24, 2.45) is 0 Å². The van der Waals surface area contributed by atoms with Crippen molar-refractivity contribution in [1.82, 2.24) is 10.6 Å². The van der Waals surface area contributed by atoms with Gasteiger partial charge in [-0.2, -0.15) is 13.2 Å². The smallest absolute Gasteiger partial charge is 0.355 e. The highest BCUT2D eigenvalue weighted by atomic mass is 19.4. The number of carbonyl (C=O) groups is 1. The van der Waals surface area contributed by atoms with E-state index >= 15 is 0 Å². The van der Waals surface area contributed by atoms with Crippen LogP contribution in [0.15, 0.2) is 0 Å². The third-order valence-electron chi connectivity index (χ3n) is 1.72. The molecule has 0 spiro atoms. The lowest BCUT2D eigenvalue weighted by atomic mass is 10.2. The Labute approximate surface area is 87.4 Å². The summed E-state index contributed by atoms with van der Waals surface area (Å²) in [7, 11) is 0. The Kier molecular flexibility index (Phi) is 6.31. The normalized spacial score (nSPS) is 13.7. The van der Waals surface area contributed by atoms with Crippen LogP contribution in [0.1, 0.15) is 26.7 Å². The van der Waals surface area contributed by atoms with E-state index < -0.39 is 18.6 Å². The molecule has 2 N–H and O–H groups in total. The number of amides is 1. The summed E-state index contributed by atoms with van der Waals surface area (Å²) in [6.07, 6.45) is -4.30. The molecule has 0 aliphatic rings. The van der Waals surface area contributed by atoms with Gasteiger partial charge >= 0.3 is 6.18 Å². The number of halogens is 3. The van der Waals surface area contributed by atoms with Crippen LogP contribution in [0.4, 0.5) is 13.2 Å². The first-order valence-electron chi connectivity index (χ1n) is 4.92. The SMILES string of the molecule is CCCNC(=O)CNC(C)CC(F)(F)F. The molecule has 0 aliphatic heterocycles. The Bertz CT molecular complexity index is 194. The van der Waals surface area contributed by atoms with Crippen molar-refractivity contribution in [2.75, 3.05) is 13.1 Å². The van der Waals surface area contributed by atoms with Crippen molar-refractivity contribution in [3.05, 3.63) is 0 Å². The zero-order valence-electron chi connectivity index (χ0n) is 8.95. The van der Waals surface area contributed by atoms with E-state index in [0.717, 1.165) is 6.42 Å². The summed E-state index contributed by atoms with van der Waals surface area (Å²) in [4.78, 5) is 11.0. The van der Waals surface area contributed by atoms with Gasteiger partial charge in [0.05, 0.1) is 13.0 Å². The predicted octanol–water partition coefficient (Wildman–Crippen LogP) is 1.44. The van der Waals surface area contributed by atoms with Crippen LogP contribution in [0, 0.1) is 0 Å². The molecular formula is C9H17F3N2O. The molecule has 0 aromatic heterocycles. The van der Waals surface area contributed by atoms with Crippen LogP contribution in [-0.2, 0) is 4.79 Å². The second-order valence-electron chi connectivity index (χ2n) is 3.45. The molecule has 0 saturated heterocycles. The third-order valence-corrected chi connectivity index (χ3v) is 1.72. The molecule has 0 saturated carbocycles. The van der Waals surface area contributed by atoms with E-state index in [1.165, 1.54) is 6.92 Å². The van der Waals surface area contributed by atoms with E-state index in [9.17, 15) is 18.0 Å². The molecule has 0 fully saturated rings. The van der Waals surface area contributed by atoms with E-state index in [2.05, 4.69) is 10.6 Å². The first kappa shape index (κ1) is 14.2. The van der Waals surface area contributed by atoms with Gasteiger partial charge in [-0.15, -0.1) is 0 Å². The lowest BCUT2D eigenvalue weighted by molar-refractivity contribution is -0.139. The van der Waals surface area contributed by atoms with Crippen LogP contribution in [0.5, 0.6) is 0 Å². The fourth-order valence-corrected chi connectivity index (χ4v) is 1.01. The molecule has 1 amide bonds. The summed E-state index contributed by atoms with van der Waals surface area (Å²) in [5, 5.41) is 5.08. The minimum absolute atomic E-state index is 0.0722. The second kappa shape index (κ2) is 6.66. The van der Waals surface area contributed by atoms with Crippen molar-refractivity contribution < 1.29 is 18.0 Å². The summed E-state index contributed by atoms with van der Waals surface area (Å²) >= 11 is 0. The molecule has 0 heterocycles. The topological polar surface area (TPSA) is 41.1 Å². The van der Waals surface area contributed by atoms with Crippen molar-refractivity contribution >= 4 is 5.91 Å². The molecule has 15 heavy (non-hydrogen) atoms. The van der Waals surface area contributed by atoms with Crippen LogP contribution in [0.25, 0.3) is 0 Å². The lowest BCUT2D eigenvalue weighted by Gasteiger charge is -2.15. The summed E-state index contributed by atoms with van der Waals surface area (Å²) in [6, 6.07) is -0.739.